The minimum atomic E-state index is -5.05. The highest BCUT2D eigenvalue weighted by Gasteiger charge is 2.43. The topological polar surface area (TPSA) is 78.1 Å². The number of carbonyl (C=O) groups excluding carboxylic acids is 2. The summed E-state index contributed by atoms with van der Waals surface area (Å²) in [5, 5.41) is 10.4. The number of aromatic amines is 1. The van der Waals surface area contributed by atoms with Gasteiger partial charge in [-0.05, 0) is 55.4 Å². The maximum absolute atomic E-state index is 14.8. The summed E-state index contributed by atoms with van der Waals surface area (Å²) >= 11 is 6.20. The van der Waals surface area contributed by atoms with Gasteiger partial charge in [-0.3, -0.25) is 14.7 Å². The number of nitrogens with one attached hydrogen (secondary N) is 2. The van der Waals surface area contributed by atoms with Crippen molar-refractivity contribution in [3.8, 4) is 0 Å². The number of carbonyl (C=O) groups is 2. The quantitative estimate of drug-likeness (QED) is 0.366. The van der Waals surface area contributed by atoms with Crippen LogP contribution in [0.5, 0.6) is 0 Å². The Kier molecular flexibility index (Phi) is 6.83. The molecule has 2 fully saturated rings. The van der Waals surface area contributed by atoms with Crippen molar-refractivity contribution in [2.45, 2.75) is 50.9 Å². The summed E-state index contributed by atoms with van der Waals surface area (Å²) in [4.78, 5) is 28.6. The largest absolute Gasteiger partial charge is 0.419 e. The molecular formula is C26H24ClF5N4O2. The van der Waals surface area contributed by atoms with Crippen molar-refractivity contribution in [3.63, 3.8) is 0 Å². The van der Waals surface area contributed by atoms with Gasteiger partial charge in [0.25, 0.3) is 5.91 Å². The number of rotatable bonds is 6. The van der Waals surface area contributed by atoms with Crippen LogP contribution in [0, 0.1) is 23.5 Å². The first-order chi connectivity index (χ1) is 18.0. The van der Waals surface area contributed by atoms with Crippen LogP contribution in [0.2, 0.25) is 5.02 Å². The molecule has 3 aromatic rings. The Hall–Kier alpha value is -3.21. The Bertz CT molecular complexity index is 1400. The van der Waals surface area contributed by atoms with Crippen molar-refractivity contribution in [1.82, 2.24) is 20.4 Å². The van der Waals surface area contributed by atoms with Crippen LogP contribution < -0.4 is 5.32 Å². The summed E-state index contributed by atoms with van der Waals surface area (Å²) in [5.41, 5.74) is -1.33. The zero-order valence-electron chi connectivity index (χ0n) is 20.2. The molecular weight excluding hydrogens is 531 g/mol. The fourth-order valence-electron chi connectivity index (χ4n) is 5.18. The van der Waals surface area contributed by atoms with Crippen molar-refractivity contribution >= 4 is 34.3 Å². The average molecular weight is 555 g/mol. The molecule has 1 aliphatic heterocycles. The zero-order valence-corrected chi connectivity index (χ0v) is 21.0. The molecule has 1 aliphatic carbocycles. The molecule has 2 amide bonds. The summed E-state index contributed by atoms with van der Waals surface area (Å²) < 4.78 is 68.3. The Morgan fingerprint density at radius 1 is 1.18 bits per heavy atom. The van der Waals surface area contributed by atoms with Crippen LogP contribution in [-0.4, -0.2) is 39.5 Å². The first-order valence-electron chi connectivity index (χ1n) is 12.3. The number of amides is 2. The molecule has 1 unspecified atom stereocenters. The Morgan fingerprint density at radius 3 is 2.58 bits per heavy atom. The van der Waals surface area contributed by atoms with Crippen molar-refractivity contribution < 1.29 is 31.5 Å². The van der Waals surface area contributed by atoms with Gasteiger partial charge in [0.2, 0.25) is 5.91 Å². The van der Waals surface area contributed by atoms with Crippen LogP contribution in [-0.2, 0) is 11.0 Å². The molecule has 202 valence electrons. The van der Waals surface area contributed by atoms with Crippen LogP contribution in [0.15, 0.2) is 30.5 Å². The second-order valence-electron chi connectivity index (χ2n) is 9.95. The van der Waals surface area contributed by atoms with E-state index in [1.165, 1.54) is 17.2 Å². The van der Waals surface area contributed by atoms with Gasteiger partial charge in [0.15, 0.2) is 0 Å². The van der Waals surface area contributed by atoms with E-state index in [0.29, 0.717) is 54.2 Å². The number of alkyl halides is 3. The molecule has 0 bridgehead atoms. The molecule has 1 saturated carbocycles. The second kappa shape index (κ2) is 9.83. The van der Waals surface area contributed by atoms with Gasteiger partial charge in [0.05, 0.1) is 28.9 Å². The SMILES string of the molecule is CC[C@@H]1C[C@H](C(=O)NC(c2cc(F)c(C(F)(F)F)cc2F)C2CC2)N(C(=O)c2cc(Cl)cc3cn[nH]c23)C1. The lowest BCUT2D eigenvalue weighted by molar-refractivity contribution is -0.140. The van der Waals surface area contributed by atoms with E-state index in [-0.39, 0.29) is 29.0 Å². The van der Waals surface area contributed by atoms with Gasteiger partial charge in [0, 0.05) is 22.5 Å². The highest BCUT2D eigenvalue weighted by molar-refractivity contribution is 6.32. The number of benzene rings is 2. The predicted molar refractivity (Wildman–Crippen MR) is 129 cm³/mol. The summed E-state index contributed by atoms with van der Waals surface area (Å²) in [7, 11) is 0. The number of hydrogen-bond acceptors (Lipinski definition) is 3. The monoisotopic (exact) mass is 554 g/mol. The Morgan fingerprint density at radius 2 is 1.92 bits per heavy atom. The van der Waals surface area contributed by atoms with Crippen LogP contribution in [0.25, 0.3) is 10.9 Å². The van der Waals surface area contributed by atoms with Gasteiger partial charge in [-0.1, -0.05) is 24.9 Å². The third kappa shape index (κ3) is 4.95. The van der Waals surface area contributed by atoms with Gasteiger partial charge in [-0.2, -0.15) is 18.3 Å². The number of halogens is 6. The van der Waals surface area contributed by atoms with Crippen molar-refractivity contribution in [1.29, 1.82) is 0 Å². The number of fused-ring (bicyclic) bond motifs is 1. The third-order valence-corrected chi connectivity index (χ3v) is 7.61. The molecule has 3 atom stereocenters. The highest BCUT2D eigenvalue weighted by Crippen LogP contribution is 2.43. The fraction of sp³-hybridized carbons (Fsp3) is 0.423. The third-order valence-electron chi connectivity index (χ3n) is 7.39. The molecule has 2 heterocycles. The van der Waals surface area contributed by atoms with Crippen molar-refractivity contribution in [3.05, 3.63) is 63.8 Å². The molecule has 0 spiro atoms. The maximum Gasteiger partial charge on any atom is 0.419 e. The van der Waals surface area contributed by atoms with Crippen molar-refractivity contribution in [2.75, 3.05) is 6.54 Å². The molecule has 2 aromatic carbocycles. The Balaban J connectivity index is 1.44. The molecule has 2 N–H and O–H groups in total. The van der Waals surface area contributed by atoms with Gasteiger partial charge < -0.3 is 10.2 Å². The molecule has 38 heavy (non-hydrogen) atoms. The number of H-pyrrole nitrogens is 1. The van der Waals surface area contributed by atoms with E-state index in [4.69, 9.17) is 11.6 Å². The number of nitrogens with zero attached hydrogens (tertiary/aromatic N) is 2. The molecule has 12 heteroatoms. The van der Waals surface area contributed by atoms with Crippen LogP contribution >= 0.6 is 11.6 Å². The van der Waals surface area contributed by atoms with Crippen LogP contribution in [0.1, 0.15) is 60.1 Å². The van der Waals surface area contributed by atoms with Crippen LogP contribution in [0.4, 0.5) is 22.0 Å². The lowest BCUT2D eigenvalue weighted by atomic mass is 9.98. The maximum atomic E-state index is 14.8. The average Bonchev–Trinajstić information content (AvgIpc) is 3.42. The second-order valence-corrected chi connectivity index (χ2v) is 10.4. The van der Waals surface area contributed by atoms with Gasteiger partial charge in [-0.25, -0.2) is 8.78 Å². The lowest BCUT2D eigenvalue weighted by Crippen LogP contribution is -2.47. The van der Waals surface area contributed by atoms with Crippen molar-refractivity contribution in [2.24, 2.45) is 11.8 Å². The van der Waals surface area contributed by atoms with Gasteiger partial charge >= 0.3 is 6.18 Å². The first-order valence-corrected chi connectivity index (χ1v) is 12.7. The molecule has 1 saturated heterocycles. The number of aromatic nitrogens is 2. The lowest BCUT2D eigenvalue weighted by Gasteiger charge is -2.27. The molecule has 1 aromatic heterocycles. The molecule has 6 nitrogen and oxygen atoms in total. The number of hydrogen-bond donors (Lipinski definition) is 2. The summed E-state index contributed by atoms with van der Waals surface area (Å²) in [6.45, 7) is 2.24. The van der Waals surface area contributed by atoms with Gasteiger partial charge in [-0.15, -0.1) is 0 Å². The summed E-state index contributed by atoms with van der Waals surface area (Å²) in [5.74, 6) is -4.11. The smallest absolute Gasteiger partial charge is 0.347 e. The number of likely N-dealkylation sites (tertiary alicyclic amines) is 1. The van der Waals surface area contributed by atoms with E-state index >= 15 is 0 Å². The minimum absolute atomic E-state index is 0.0192. The van der Waals surface area contributed by atoms with Gasteiger partial charge in [0.1, 0.15) is 17.7 Å². The first kappa shape index (κ1) is 26.4. The minimum Gasteiger partial charge on any atom is -0.347 e. The zero-order chi connectivity index (χ0) is 27.4. The fourth-order valence-corrected chi connectivity index (χ4v) is 5.41. The summed E-state index contributed by atoms with van der Waals surface area (Å²) in [6.07, 6.45) is -1.28. The molecule has 0 radical (unpaired) electrons. The Labute approximate surface area is 219 Å². The van der Waals surface area contributed by atoms with Crippen LogP contribution in [0.3, 0.4) is 0 Å². The van der Waals surface area contributed by atoms with E-state index < -0.39 is 47.3 Å². The standard InChI is InChI=1S/C26H24ClF5N4O2/c1-2-12-5-21(36(11-12)25(38)17-7-15(27)6-14-10-33-35-23(14)17)24(37)34-22(13-3-4-13)16-8-20(29)18(9-19(16)28)26(30,31)32/h6-10,12-13,21-22H,2-5,11H2,1H3,(H,33,35)(H,34,37)/t12-,21-,22?/m1/s1. The van der Waals surface area contributed by atoms with E-state index in [9.17, 15) is 31.5 Å². The normalized spacial score (nSPS) is 20.7. The van der Waals surface area contributed by atoms with E-state index in [2.05, 4.69) is 15.5 Å². The summed E-state index contributed by atoms with van der Waals surface area (Å²) in [6, 6.07) is 1.84. The van der Waals surface area contributed by atoms with E-state index in [0.717, 1.165) is 0 Å². The molecule has 2 aliphatic rings. The van der Waals surface area contributed by atoms with E-state index in [1.807, 2.05) is 6.92 Å². The highest BCUT2D eigenvalue weighted by atomic mass is 35.5. The van der Waals surface area contributed by atoms with E-state index in [1.54, 1.807) is 6.07 Å². The predicted octanol–water partition coefficient (Wildman–Crippen LogP) is 6.02. The molecule has 5 rings (SSSR count).